The average molecular weight is 227 g/mol. The predicted molar refractivity (Wildman–Crippen MR) is 58.7 cm³/mol. The summed E-state index contributed by atoms with van der Waals surface area (Å²) in [5.41, 5.74) is 1.07. The van der Waals surface area contributed by atoms with Crippen LogP contribution in [-0.4, -0.2) is 35.5 Å². The molecule has 0 fully saturated rings. The maximum absolute atomic E-state index is 10.8. The minimum atomic E-state index is -2.17. The molecule has 88 valence electrons. The average Bonchev–Trinajstić information content (AvgIpc) is 2.16. The SMILES string of the molecule is CNC(=O)Oc1cccc(C)c1.OB(O)O. The molecule has 0 unspecified atom stereocenters. The van der Waals surface area contributed by atoms with Crippen LogP contribution >= 0.6 is 0 Å². The summed E-state index contributed by atoms with van der Waals surface area (Å²) >= 11 is 0. The van der Waals surface area contributed by atoms with E-state index < -0.39 is 13.4 Å². The molecule has 7 heteroatoms. The van der Waals surface area contributed by atoms with E-state index in [0.717, 1.165) is 5.56 Å². The lowest BCUT2D eigenvalue weighted by Crippen LogP contribution is -2.21. The van der Waals surface area contributed by atoms with Gasteiger partial charge in [-0.15, -0.1) is 0 Å². The van der Waals surface area contributed by atoms with Crippen molar-refractivity contribution in [3.63, 3.8) is 0 Å². The van der Waals surface area contributed by atoms with Crippen molar-refractivity contribution in [2.75, 3.05) is 7.05 Å². The van der Waals surface area contributed by atoms with Gasteiger partial charge >= 0.3 is 13.4 Å². The fraction of sp³-hybridized carbons (Fsp3) is 0.222. The highest BCUT2D eigenvalue weighted by Crippen LogP contribution is 2.11. The number of benzene rings is 1. The molecule has 4 N–H and O–H groups in total. The molecule has 0 bridgehead atoms. The van der Waals surface area contributed by atoms with Crippen molar-refractivity contribution in [3.8, 4) is 5.75 Å². The van der Waals surface area contributed by atoms with Crippen LogP contribution in [0.1, 0.15) is 5.56 Å². The molecular formula is C9H14BNO5. The monoisotopic (exact) mass is 227 g/mol. The summed E-state index contributed by atoms with van der Waals surface area (Å²) in [6.07, 6.45) is -0.444. The number of aryl methyl sites for hydroxylation is 1. The molecule has 1 aromatic rings. The van der Waals surface area contributed by atoms with E-state index in [1.54, 1.807) is 12.1 Å². The number of carbonyl (C=O) groups is 1. The lowest BCUT2D eigenvalue weighted by molar-refractivity contribution is 0.203. The maximum atomic E-state index is 10.8. The highest BCUT2D eigenvalue weighted by molar-refractivity contribution is 6.30. The zero-order valence-electron chi connectivity index (χ0n) is 9.04. The Kier molecular flexibility index (Phi) is 6.94. The lowest BCUT2D eigenvalue weighted by atomic mass is 10.2. The van der Waals surface area contributed by atoms with Crippen molar-refractivity contribution < 1.29 is 24.6 Å². The summed E-state index contributed by atoms with van der Waals surface area (Å²) in [4.78, 5) is 10.8. The zero-order valence-corrected chi connectivity index (χ0v) is 9.04. The molecule has 0 radical (unpaired) electrons. The van der Waals surface area contributed by atoms with Crippen LogP contribution < -0.4 is 10.1 Å². The number of hydrogen-bond acceptors (Lipinski definition) is 5. The van der Waals surface area contributed by atoms with E-state index in [9.17, 15) is 4.79 Å². The van der Waals surface area contributed by atoms with E-state index in [4.69, 9.17) is 19.8 Å². The van der Waals surface area contributed by atoms with Gasteiger partial charge in [0, 0.05) is 7.05 Å². The van der Waals surface area contributed by atoms with Crippen LogP contribution in [-0.2, 0) is 0 Å². The highest BCUT2D eigenvalue weighted by atomic mass is 16.6. The molecule has 1 aromatic carbocycles. The smallest absolute Gasteiger partial charge is 0.410 e. The highest BCUT2D eigenvalue weighted by Gasteiger charge is 1.99. The van der Waals surface area contributed by atoms with Crippen LogP contribution in [0.15, 0.2) is 24.3 Å². The normalized spacial score (nSPS) is 8.56. The molecule has 16 heavy (non-hydrogen) atoms. The first-order chi connectivity index (χ1) is 7.45. The van der Waals surface area contributed by atoms with E-state index >= 15 is 0 Å². The summed E-state index contributed by atoms with van der Waals surface area (Å²) in [5, 5.41) is 23.9. The minimum Gasteiger partial charge on any atom is -0.410 e. The quantitative estimate of drug-likeness (QED) is 0.492. The second kappa shape index (κ2) is 7.69. The topological polar surface area (TPSA) is 99.0 Å². The van der Waals surface area contributed by atoms with Crippen molar-refractivity contribution in [1.29, 1.82) is 0 Å². The number of nitrogens with one attached hydrogen (secondary N) is 1. The Morgan fingerprint density at radius 2 is 1.94 bits per heavy atom. The van der Waals surface area contributed by atoms with Crippen LogP contribution in [0.25, 0.3) is 0 Å². The molecule has 0 aliphatic carbocycles. The lowest BCUT2D eigenvalue weighted by Gasteiger charge is -2.02. The van der Waals surface area contributed by atoms with Gasteiger partial charge in [-0.2, -0.15) is 0 Å². The van der Waals surface area contributed by atoms with Gasteiger partial charge in [0.25, 0.3) is 0 Å². The molecule has 6 nitrogen and oxygen atoms in total. The van der Waals surface area contributed by atoms with Crippen LogP contribution in [0.3, 0.4) is 0 Å². The number of carbonyl (C=O) groups excluding carboxylic acids is 1. The maximum Gasteiger partial charge on any atom is 0.631 e. The third-order valence-corrected chi connectivity index (χ3v) is 1.40. The number of hydrogen-bond donors (Lipinski definition) is 4. The fourth-order valence-corrected chi connectivity index (χ4v) is 0.837. The first-order valence-corrected chi connectivity index (χ1v) is 4.46. The fourth-order valence-electron chi connectivity index (χ4n) is 0.837. The second-order valence-corrected chi connectivity index (χ2v) is 2.80. The van der Waals surface area contributed by atoms with Crippen molar-refractivity contribution >= 4 is 13.4 Å². The van der Waals surface area contributed by atoms with Gasteiger partial charge < -0.3 is 25.1 Å². The van der Waals surface area contributed by atoms with Gasteiger partial charge in [0.05, 0.1) is 0 Å². The second-order valence-electron chi connectivity index (χ2n) is 2.80. The van der Waals surface area contributed by atoms with Crippen LogP contribution in [0.4, 0.5) is 4.79 Å². The van der Waals surface area contributed by atoms with E-state index in [2.05, 4.69) is 5.32 Å². The molecule has 1 rings (SSSR count). The summed E-state index contributed by atoms with van der Waals surface area (Å²) in [7, 11) is -0.641. The molecule has 0 atom stereocenters. The number of amides is 1. The van der Waals surface area contributed by atoms with E-state index in [-0.39, 0.29) is 0 Å². The zero-order chi connectivity index (χ0) is 12.6. The van der Waals surface area contributed by atoms with Crippen molar-refractivity contribution in [3.05, 3.63) is 29.8 Å². The standard InChI is InChI=1S/C9H11NO2.BH3O3/c1-7-4-3-5-8(6-7)12-9(11)10-2;2-1(3)4/h3-6H,1-2H3,(H,10,11);2-4H. The molecule has 0 saturated heterocycles. The third-order valence-electron chi connectivity index (χ3n) is 1.40. The molecule has 0 aromatic heterocycles. The molecule has 1 amide bonds. The molecule has 0 saturated carbocycles. The molecule has 0 heterocycles. The van der Waals surface area contributed by atoms with Crippen molar-refractivity contribution in [2.45, 2.75) is 6.92 Å². The Bertz CT molecular complexity index is 329. The Hall–Kier alpha value is -1.57. The van der Waals surface area contributed by atoms with Gasteiger partial charge in [0.2, 0.25) is 0 Å². The summed E-state index contributed by atoms with van der Waals surface area (Å²) in [6, 6.07) is 7.32. The molecule has 0 aliphatic heterocycles. The van der Waals surface area contributed by atoms with Crippen LogP contribution in [0.2, 0.25) is 0 Å². The third kappa shape index (κ3) is 7.80. The summed E-state index contributed by atoms with van der Waals surface area (Å²) < 4.78 is 4.89. The Labute approximate surface area is 93.7 Å². The number of rotatable bonds is 1. The molecule has 0 aliphatic rings. The first kappa shape index (κ1) is 14.4. The van der Waals surface area contributed by atoms with E-state index in [0.29, 0.717) is 5.75 Å². The van der Waals surface area contributed by atoms with Crippen LogP contribution in [0.5, 0.6) is 5.75 Å². The largest absolute Gasteiger partial charge is 0.631 e. The summed E-state index contributed by atoms with van der Waals surface area (Å²) in [5.74, 6) is 0.564. The van der Waals surface area contributed by atoms with E-state index in [1.165, 1.54) is 7.05 Å². The van der Waals surface area contributed by atoms with E-state index in [1.807, 2.05) is 19.1 Å². The van der Waals surface area contributed by atoms with Gasteiger partial charge in [0.1, 0.15) is 5.75 Å². The Balaban J connectivity index is 0.000000487. The molecular weight excluding hydrogens is 213 g/mol. The predicted octanol–water partition coefficient (Wildman–Crippen LogP) is -0.339. The van der Waals surface area contributed by atoms with Crippen molar-refractivity contribution in [1.82, 2.24) is 5.32 Å². The van der Waals surface area contributed by atoms with Gasteiger partial charge in [-0.25, -0.2) is 4.79 Å². The Morgan fingerprint density at radius 3 is 2.38 bits per heavy atom. The summed E-state index contributed by atoms with van der Waals surface area (Å²) in [6.45, 7) is 1.94. The minimum absolute atomic E-state index is 0.444. The van der Waals surface area contributed by atoms with Gasteiger partial charge in [-0.05, 0) is 24.6 Å². The van der Waals surface area contributed by atoms with Crippen molar-refractivity contribution in [2.24, 2.45) is 0 Å². The molecule has 0 spiro atoms. The van der Waals surface area contributed by atoms with Gasteiger partial charge in [-0.1, -0.05) is 12.1 Å². The Morgan fingerprint density at radius 1 is 1.38 bits per heavy atom. The van der Waals surface area contributed by atoms with Gasteiger partial charge in [0.15, 0.2) is 0 Å². The van der Waals surface area contributed by atoms with Crippen LogP contribution in [0, 0.1) is 6.92 Å². The first-order valence-electron chi connectivity index (χ1n) is 4.46. The number of ether oxygens (including phenoxy) is 1. The van der Waals surface area contributed by atoms with Gasteiger partial charge in [-0.3, -0.25) is 0 Å².